The molecule has 0 radical (unpaired) electrons. The zero-order valence-electron chi connectivity index (χ0n) is 17.8. The minimum absolute atomic E-state index is 0.0384. The van der Waals surface area contributed by atoms with E-state index in [1.54, 1.807) is 32.9 Å². The Kier molecular flexibility index (Phi) is 9.61. The molecule has 0 fully saturated rings. The van der Waals surface area contributed by atoms with Crippen LogP contribution in [-0.2, 0) is 25.7 Å². The smallest absolute Gasteiger partial charge is 0.408 e. The van der Waals surface area contributed by atoms with Crippen LogP contribution in [0.15, 0.2) is 30.3 Å². The predicted octanol–water partition coefficient (Wildman–Crippen LogP) is 2.52. The lowest BCUT2D eigenvalue weighted by Crippen LogP contribution is -2.46. The van der Waals surface area contributed by atoms with E-state index in [2.05, 4.69) is 5.32 Å². The van der Waals surface area contributed by atoms with Crippen molar-refractivity contribution in [1.82, 2.24) is 10.2 Å². The molecular formula is C21H32N2O6. The van der Waals surface area contributed by atoms with Gasteiger partial charge in [0, 0.05) is 6.54 Å². The molecule has 2 atom stereocenters. The molecule has 0 aliphatic carbocycles. The van der Waals surface area contributed by atoms with E-state index in [9.17, 15) is 19.5 Å². The van der Waals surface area contributed by atoms with Crippen LogP contribution in [0.25, 0.3) is 0 Å². The van der Waals surface area contributed by atoms with Gasteiger partial charge in [0.2, 0.25) is 0 Å². The fourth-order valence-electron chi connectivity index (χ4n) is 2.61. The molecule has 0 heterocycles. The number of rotatable bonds is 10. The number of esters is 1. The van der Waals surface area contributed by atoms with E-state index in [-0.39, 0.29) is 19.6 Å². The Morgan fingerprint density at radius 3 is 2.24 bits per heavy atom. The summed E-state index contributed by atoms with van der Waals surface area (Å²) in [6.45, 7) is 6.00. The zero-order valence-corrected chi connectivity index (χ0v) is 17.8. The molecule has 2 N–H and O–H groups in total. The zero-order chi connectivity index (χ0) is 22.0. The topological polar surface area (TPSA) is 105 Å². The van der Waals surface area contributed by atoms with Crippen LogP contribution in [0.2, 0.25) is 0 Å². The fourth-order valence-corrected chi connectivity index (χ4v) is 2.61. The van der Waals surface area contributed by atoms with E-state index in [0.717, 1.165) is 5.56 Å². The summed E-state index contributed by atoms with van der Waals surface area (Å²) < 4.78 is 10.4. The summed E-state index contributed by atoms with van der Waals surface area (Å²) in [6.07, 6.45) is -0.901. The molecule has 0 aromatic heterocycles. The molecule has 0 spiro atoms. The summed E-state index contributed by atoms with van der Waals surface area (Å²) in [5.41, 5.74) is 0.190. The summed E-state index contributed by atoms with van der Waals surface area (Å²) >= 11 is 0. The number of alkyl carbamates (subject to hydrolysis) is 1. The third kappa shape index (κ3) is 9.43. The van der Waals surface area contributed by atoms with Gasteiger partial charge in [-0.2, -0.15) is 0 Å². The molecular weight excluding hydrogens is 376 g/mol. The molecule has 0 aliphatic heterocycles. The molecule has 8 nitrogen and oxygen atoms in total. The number of nitrogens with one attached hydrogen (secondary N) is 1. The highest BCUT2D eigenvalue weighted by Gasteiger charge is 2.37. The van der Waals surface area contributed by atoms with Crippen molar-refractivity contribution in [1.29, 1.82) is 0 Å². The second-order valence-electron chi connectivity index (χ2n) is 8.22. The predicted molar refractivity (Wildman–Crippen MR) is 108 cm³/mol. The second kappa shape index (κ2) is 11.4. The Balaban J connectivity index is 2.80. The first-order valence-electron chi connectivity index (χ1n) is 9.52. The number of carboxylic acids is 1. The average Bonchev–Trinajstić information content (AvgIpc) is 2.62. The number of carboxylic acid groups (broad SMARTS) is 1. The van der Waals surface area contributed by atoms with Crippen LogP contribution >= 0.6 is 0 Å². The molecule has 0 bridgehead atoms. The SMILES string of the molecule is CN(C)CCOC(=O)[C@H](CC(C(=O)O)C(C)(C)C)NC(=O)OCc1ccccc1. The van der Waals surface area contributed by atoms with E-state index in [4.69, 9.17) is 9.47 Å². The van der Waals surface area contributed by atoms with Crippen LogP contribution in [-0.4, -0.2) is 61.3 Å². The third-order valence-electron chi connectivity index (χ3n) is 4.39. The first-order valence-corrected chi connectivity index (χ1v) is 9.52. The van der Waals surface area contributed by atoms with Crippen molar-refractivity contribution in [3.05, 3.63) is 35.9 Å². The minimum atomic E-state index is -1.12. The molecule has 8 heteroatoms. The molecule has 1 amide bonds. The quantitative estimate of drug-likeness (QED) is 0.573. The number of carbonyl (C=O) groups excluding carboxylic acids is 2. The summed E-state index contributed by atoms with van der Waals surface area (Å²) in [4.78, 5) is 38.3. The van der Waals surface area contributed by atoms with Gasteiger partial charge in [-0.05, 0) is 31.5 Å². The van der Waals surface area contributed by atoms with Gasteiger partial charge in [0.15, 0.2) is 0 Å². The summed E-state index contributed by atoms with van der Waals surface area (Å²) in [6, 6.07) is 7.98. The molecule has 1 rings (SSSR count). The maximum atomic E-state index is 12.5. The average molecular weight is 408 g/mol. The van der Waals surface area contributed by atoms with E-state index >= 15 is 0 Å². The number of hydrogen-bond donors (Lipinski definition) is 2. The highest BCUT2D eigenvalue weighted by molar-refractivity contribution is 5.82. The van der Waals surface area contributed by atoms with Crippen LogP contribution in [0, 0.1) is 11.3 Å². The van der Waals surface area contributed by atoms with Gasteiger partial charge in [-0.25, -0.2) is 9.59 Å². The summed E-state index contributed by atoms with van der Waals surface area (Å²) in [5, 5.41) is 12.0. The Bertz CT molecular complexity index is 669. The number of likely N-dealkylation sites (N-methyl/N-ethyl adjacent to an activating group) is 1. The van der Waals surface area contributed by atoms with E-state index in [1.807, 2.05) is 37.2 Å². The Morgan fingerprint density at radius 2 is 1.72 bits per heavy atom. The van der Waals surface area contributed by atoms with Crippen molar-refractivity contribution in [2.45, 2.75) is 39.8 Å². The van der Waals surface area contributed by atoms with Crippen molar-refractivity contribution in [3.8, 4) is 0 Å². The highest BCUT2D eigenvalue weighted by Crippen LogP contribution is 2.30. The number of carbonyl (C=O) groups is 3. The first kappa shape index (κ1) is 24.4. The van der Waals surface area contributed by atoms with Gasteiger partial charge < -0.3 is 24.8 Å². The molecule has 29 heavy (non-hydrogen) atoms. The Hall–Kier alpha value is -2.61. The van der Waals surface area contributed by atoms with Crippen molar-refractivity contribution in [2.75, 3.05) is 27.2 Å². The van der Waals surface area contributed by atoms with E-state index in [1.165, 1.54) is 0 Å². The largest absolute Gasteiger partial charge is 0.481 e. The maximum Gasteiger partial charge on any atom is 0.408 e. The van der Waals surface area contributed by atoms with Crippen LogP contribution < -0.4 is 5.32 Å². The van der Waals surface area contributed by atoms with Crippen LogP contribution in [0.5, 0.6) is 0 Å². The Labute approximate surface area is 172 Å². The first-order chi connectivity index (χ1) is 13.5. The van der Waals surface area contributed by atoms with Gasteiger partial charge >= 0.3 is 18.0 Å². The molecule has 162 valence electrons. The van der Waals surface area contributed by atoms with Crippen molar-refractivity contribution < 1.29 is 29.0 Å². The molecule has 0 saturated carbocycles. The molecule has 1 unspecified atom stereocenters. The second-order valence-corrected chi connectivity index (χ2v) is 8.22. The van der Waals surface area contributed by atoms with E-state index in [0.29, 0.717) is 6.54 Å². The maximum absolute atomic E-state index is 12.5. The molecule has 1 aromatic carbocycles. The monoisotopic (exact) mass is 408 g/mol. The van der Waals surface area contributed by atoms with Gasteiger partial charge in [-0.15, -0.1) is 0 Å². The number of benzene rings is 1. The fraction of sp³-hybridized carbons (Fsp3) is 0.571. The van der Waals surface area contributed by atoms with Gasteiger partial charge in [0.25, 0.3) is 0 Å². The van der Waals surface area contributed by atoms with Gasteiger partial charge in [0.1, 0.15) is 19.3 Å². The van der Waals surface area contributed by atoms with Gasteiger partial charge in [-0.3, -0.25) is 4.79 Å². The third-order valence-corrected chi connectivity index (χ3v) is 4.39. The van der Waals surface area contributed by atoms with Crippen molar-refractivity contribution in [3.63, 3.8) is 0 Å². The van der Waals surface area contributed by atoms with Crippen molar-refractivity contribution >= 4 is 18.0 Å². The summed E-state index contributed by atoms with van der Waals surface area (Å²) in [5.74, 6) is -2.58. The lowest BCUT2D eigenvalue weighted by atomic mass is 9.77. The van der Waals surface area contributed by atoms with Crippen LogP contribution in [0.3, 0.4) is 0 Å². The lowest BCUT2D eigenvalue weighted by molar-refractivity contribution is -0.150. The van der Waals surface area contributed by atoms with Gasteiger partial charge in [0.05, 0.1) is 5.92 Å². The lowest BCUT2D eigenvalue weighted by Gasteiger charge is -2.30. The number of ether oxygens (including phenoxy) is 2. The Morgan fingerprint density at radius 1 is 1.10 bits per heavy atom. The van der Waals surface area contributed by atoms with Crippen molar-refractivity contribution in [2.24, 2.45) is 11.3 Å². The number of hydrogen-bond acceptors (Lipinski definition) is 6. The molecule has 0 saturated heterocycles. The van der Waals surface area contributed by atoms with E-state index < -0.39 is 35.4 Å². The minimum Gasteiger partial charge on any atom is -0.481 e. The number of nitrogens with zero attached hydrogens (tertiary/aromatic N) is 1. The van der Waals surface area contributed by atoms with Gasteiger partial charge in [-0.1, -0.05) is 51.1 Å². The highest BCUT2D eigenvalue weighted by atomic mass is 16.6. The standard InChI is InChI=1S/C21H32N2O6/c1-21(2,3)16(18(24)25)13-17(19(26)28-12-11-23(4)5)22-20(27)29-14-15-9-7-6-8-10-15/h6-10,16-17H,11-14H2,1-5H3,(H,22,27)(H,24,25)/t16?,17-/m0/s1. The van der Waals surface area contributed by atoms with Crippen LogP contribution in [0.1, 0.15) is 32.8 Å². The molecule has 1 aromatic rings. The number of amides is 1. The van der Waals surface area contributed by atoms with Crippen LogP contribution in [0.4, 0.5) is 4.79 Å². The summed E-state index contributed by atoms with van der Waals surface area (Å²) in [7, 11) is 3.68. The molecule has 0 aliphatic rings. The normalized spacial score (nSPS) is 13.4. The number of aliphatic carboxylic acids is 1.